The molecule has 1 aromatic heterocycles. The van der Waals surface area contributed by atoms with E-state index in [2.05, 4.69) is 4.98 Å². The molecule has 1 aliphatic rings. The lowest BCUT2D eigenvalue weighted by atomic mass is 10.2. The summed E-state index contributed by atoms with van der Waals surface area (Å²) >= 11 is 0. The van der Waals surface area contributed by atoms with Crippen molar-refractivity contribution in [2.24, 2.45) is 0 Å². The summed E-state index contributed by atoms with van der Waals surface area (Å²) < 4.78 is 76.9. The summed E-state index contributed by atoms with van der Waals surface area (Å²) in [5.41, 5.74) is -0.316. The predicted molar refractivity (Wildman–Crippen MR) is 73.9 cm³/mol. The molecule has 0 amide bonds. The molecule has 2 aromatic rings. The van der Waals surface area contributed by atoms with E-state index in [-0.39, 0.29) is 17.1 Å². The average molecular weight is 346 g/mol. The molecular formula is C14H10F4N2O2S. The summed E-state index contributed by atoms with van der Waals surface area (Å²) in [5.74, 6) is -0.587. The number of halogens is 4. The average Bonchev–Trinajstić information content (AvgIpc) is 2.90. The minimum absolute atomic E-state index is 0.0993. The highest BCUT2D eigenvalue weighted by atomic mass is 32.2. The Kier molecular flexibility index (Phi) is 3.55. The zero-order chi connectivity index (χ0) is 16.8. The largest absolute Gasteiger partial charge is 0.433 e. The van der Waals surface area contributed by atoms with Gasteiger partial charge in [-0.25, -0.2) is 12.8 Å². The highest BCUT2D eigenvalue weighted by Crippen LogP contribution is 2.34. The highest BCUT2D eigenvalue weighted by molar-refractivity contribution is 7.92. The second kappa shape index (κ2) is 5.19. The molecule has 3 rings (SSSR count). The van der Waals surface area contributed by atoms with Gasteiger partial charge in [0, 0.05) is 12.7 Å². The van der Waals surface area contributed by atoms with Gasteiger partial charge in [-0.15, -0.1) is 0 Å². The van der Waals surface area contributed by atoms with Crippen LogP contribution in [-0.4, -0.2) is 19.9 Å². The summed E-state index contributed by atoms with van der Waals surface area (Å²) in [6.07, 6.45) is -3.58. The number of hydrogen-bond donors (Lipinski definition) is 0. The number of aromatic nitrogens is 1. The summed E-state index contributed by atoms with van der Waals surface area (Å²) in [7, 11) is -4.09. The third kappa shape index (κ3) is 2.76. The summed E-state index contributed by atoms with van der Waals surface area (Å²) in [6, 6.07) is 5.27. The van der Waals surface area contributed by atoms with Crippen molar-refractivity contribution in [3.05, 3.63) is 53.6 Å². The maximum atomic E-state index is 13.4. The molecule has 0 aliphatic carbocycles. The SMILES string of the molecule is O=S(=O)(c1ccc(C(F)(F)F)nc1)N1CCc2ccc(F)cc21. The number of pyridine rings is 1. The van der Waals surface area contributed by atoms with Crippen molar-refractivity contribution in [1.82, 2.24) is 4.98 Å². The molecule has 0 atom stereocenters. The molecule has 0 saturated heterocycles. The summed E-state index contributed by atoms with van der Waals surface area (Å²) in [4.78, 5) is 2.78. The molecule has 0 bridgehead atoms. The molecule has 1 aliphatic heterocycles. The zero-order valence-electron chi connectivity index (χ0n) is 11.5. The third-order valence-electron chi connectivity index (χ3n) is 3.52. The van der Waals surface area contributed by atoms with Crippen LogP contribution in [0.25, 0.3) is 0 Å². The Labute approximate surface area is 129 Å². The van der Waals surface area contributed by atoms with Crippen LogP contribution >= 0.6 is 0 Å². The molecule has 0 N–H and O–H groups in total. The Bertz CT molecular complexity index is 848. The first kappa shape index (κ1) is 15.7. The van der Waals surface area contributed by atoms with E-state index in [0.717, 1.165) is 16.4 Å². The smallest absolute Gasteiger partial charge is 0.266 e. The molecule has 0 fully saturated rings. The number of nitrogens with zero attached hydrogens (tertiary/aromatic N) is 2. The van der Waals surface area contributed by atoms with E-state index >= 15 is 0 Å². The van der Waals surface area contributed by atoms with Gasteiger partial charge in [-0.05, 0) is 36.2 Å². The Hall–Kier alpha value is -2.16. The Morgan fingerprint density at radius 2 is 1.87 bits per heavy atom. The monoisotopic (exact) mass is 346 g/mol. The number of rotatable bonds is 2. The van der Waals surface area contributed by atoms with E-state index in [9.17, 15) is 26.0 Å². The third-order valence-corrected chi connectivity index (χ3v) is 5.31. The predicted octanol–water partition coefficient (Wildman–Crippen LogP) is 2.99. The minimum atomic E-state index is -4.65. The fraction of sp³-hybridized carbons (Fsp3) is 0.214. The van der Waals surface area contributed by atoms with E-state index < -0.39 is 27.7 Å². The molecular weight excluding hydrogens is 336 g/mol. The van der Waals surface area contributed by atoms with Gasteiger partial charge >= 0.3 is 6.18 Å². The molecule has 2 heterocycles. The normalized spacial score (nSPS) is 14.9. The van der Waals surface area contributed by atoms with E-state index in [1.54, 1.807) is 0 Å². The molecule has 0 unspecified atom stereocenters. The molecule has 122 valence electrons. The second-order valence-corrected chi connectivity index (χ2v) is 6.84. The van der Waals surface area contributed by atoms with Gasteiger partial charge in [0.2, 0.25) is 0 Å². The lowest BCUT2D eigenvalue weighted by Gasteiger charge is -2.19. The van der Waals surface area contributed by atoms with Gasteiger partial charge in [0.25, 0.3) is 10.0 Å². The maximum Gasteiger partial charge on any atom is 0.433 e. The van der Waals surface area contributed by atoms with E-state index in [4.69, 9.17) is 0 Å². The number of anilines is 1. The summed E-state index contributed by atoms with van der Waals surface area (Å²) in [6.45, 7) is 0.0993. The van der Waals surface area contributed by atoms with Crippen molar-refractivity contribution in [1.29, 1.82) is 0 Å². The van der Waals surface area contributed by atoms with Gasteiger partial charge in [0.15, 0.2) is 0 Å². The van der Waals surface area contributed by atoms with Crippen LogP contribution in [0.15, 0.2) is 41.4 Å². The van der Waals surface area contributed by atoms with Crippen molar-refractivity contribution in [2.75, 3.05) is 10.8 Å². The topological polar surface area (TPSA) is 50.3 Å². The molecule has 0 saturated carbocycles. The van der Waals surface area contributed by atoms with Crippen LogP contribution in [0.3, 0.4) is 0 Å². The van der Waals surface area contributed by atoms with Crippen LogP contribution in [0.4, 0.5) is 23.2 Å². The van der Waals surface area contributed by atoms with Gasteiger partial charge in [-0.3, -0.25) is 9.29 Å². The summed E-state index contributed by atoms with van der Waals surface area (Å²) in [5, 5.41) is 0. The van der Waals surface area contributed by atoms with Crippen molar-refractivity contribution < 1.29 is 26.0 Å². The Balaban J connectivity index is 1.99. The molecule has 23 heavy (non-hydrogen) atoms. The number of benzene rings is 1. The standard InChI is InChI=1S/C14H10F4N2O2S/c15-10-2-1-9-5-6-20(12(9)7-10)23(21,22)11-3-4-13(19-8-11)14(16,17)18/h1-4,7-8H,5-6H2. The lowest BCUT2D eigenvalue weighted by molar-refractivity contribution is -0.141. The minimum Gasteiger partial charge on any atom is -0.266 e. The first-order chi connectivity index (χ1) is 10.7. The maximum absolute atomic E-state index is 13.4. The number of alkyl halides is 3. The van der Waals surface area contributed by atoms with Gasteiger partial charge in [0.05, 0.1) is 5.69 Å². The first-order valence-electron chi connectivity index (χ1n) is 6.54. The van der Waals surface area contributed by atoms with Crippen LogP contribution in [0, 0.1) is 5.82 Å². The van der Waals surface area contributed by atoms with Crippen LogP contribution in [0.1, 0.15) is 11.3 Å². The molecule has 1 aromatic carbocycles. The fourth-order valence-electron chi connectivity index (χ4n) is 2.40. The lowest BCUT2D eigenvalue weighted by Crippen LogP contribution is -2.29. The number of fused-ring (bicyclic) bond motifs is 1. The van der Waals surface area contributed by atoms with E-state index in [1.165, 1.54) is 12.1 Å². The van der Waals surface area contributed by atoms with Crippen molar-refractivity contribution in [2.45, 2.75) is 17.5 Å². The highest BCUT2D eigenvalue weighted by Gasteiger charge is 2.35. The first-order valence-corrected chi connectivity index (χ1v) is 7.98. The van der Waals surface area contributed by atoms with Crippen molar-refractivity contribution in [3.8, 4) is 0 Å². The molecule has 4 nitrogen and oxygen atoms in total. The van der Waals surface area contributed by atoms with Crippen LogP contribution < -0.4 is 4.31 Å². The van der Waals surface area contributed by atoms with Crippen molar-refractivity contribution in [3.63, 3.8) is 0 Å². The number of sulfonamides is 1. The zero-order valence-corrected chi connectivity index (χ0v) is 12.3. The van der Waals surface area contributed by atoms with E-state index in [0.29, 0.717) is 24.2 Å². The fourth-order valence-corrected chi connectivity index (χ4v) is 3.84. The van der Waals surface area contributed by atoms with Gasteiger partial charge < -0.3 is 0 Å². The Morgan fingerprint density at radius 3 is 2.48 bits per heavy atom. The van der Waals surface area contributed by atoms with Gasteiger partial charge in [-0.1, -0.05) is 6.07 Å². The molecule has 0 spiro atoms. The number of hydrogen-bond acceptors (Lipinski definition) is 3. The van der Waals surface area contributed by atoms with E-state index in [1.807, 2.05) is 0 Å². The van der Waals surface area contributed by atoms with Crippen LogP contribution in [0.5, 0.6) is 0 Å². The second-order valence-electron chi connectivity index (χ2n) is 4.98. The Morgan fingerprint density at radius 1 is 1.13 bits per heavy atom. The van der Waals surface area contributed by atoms with Crippen LogP contribution in [-0.2, 0) is 22.6 Å². The van der Waals surface area contributed by atoms with Gasteiger partial charge in [0.1, 0.15) is 16.4 Å². The van der Waals surface area contributed by atoms with Gasteiger partial charge in [-0.2, -0.15) is 13.2 Å². The quantitative estimate of drug-likeness (QED) is 0.786. The van der Waals surface area contributed by atoms with Crippen molar-refractivity contribution >= 4 is 15.7 Å². The molecule has 9 heteroatoms. The molecule has 0 radical (unpaired) electrons. The van der Waals surface area contributed by atoms with Crippen LogP contribution in [0.2, 0.25) is 0 Å².